The number of ketones is 1. The van der Waals surface area contributed by atoms with Gasteiger partial charge in [0.15, 0.2) is 10.6 Å². The molecule has 1 unspecified atom stereocenters. The van der Waals surface area contributed by atoms with E-state index >= 15 is 0 Å². The number of rotatable bonds is 6. The number of carbonyl (C=O) groups is 2. The van der Waals surface area contributed by atoms with Crippen LogP contribution in [0.2, 0.25) is 0 Å². The van der Waals surface area contributed by atoms with Crippen molar-refractivity contribution in [1.29, 1.82) is 0 Å². The lowest BCUT2D eigenvalue weighted by atomic mass is 10.1. The molecule has 0 saturated heterocycles. The second-order valence-electron chi connectivity index (χ2n) is 3.68. The van der Waals surface area contributed by atoms with E-state index in [1.165, 1.54) is 24.3 Å². The van der Waals surface area contributed by atoms with Crippen molar-refractivity contribution in [2.75, 3.05) is 6.61 Å². The molecule has 0 N–H and O–H groups in total. The molecule has 0 saturated carbocycles. The largest absolute Gasteiger partial charge is 0.465 e. The molecule has 19 heavy (non-hydrogen) atoms. The maximum absolute atomic E-state index is 11.8. The Labute approximate surface area is 118 Å². The Balaban J connectivity index is 2.66. The van der Waals surface area contributed by atoms with Gasteiger partial charge in [-0.05, 0) is 12.5 Å². The minimum Gasteiger partial charge on any atom is -0.465 e. The first-order chi connectivity index (χ1) is 8.95. The van der Waals surface area contributed by atoms with E-state index in [-0.39, 0.29) is 24.5 Å². The Bertz CT molecular complexity index is 485. The van der Waals surface area contributed by atoms with Gasteiger partial charge in [-0.3, -0.25) is 19.7 Å². The molecule has 1 aromatic carbocycles. The number of nitrogens with zero attached hydrogens (tertiary/aromatic N) is 1. The van der Waals surface area contributed by atoms with E-state index in [9.17, 15) is 19.7 Å². The molecule has 0 amide bonds. The van der Waals surface area contributed by atoms with Crippen LogP contribution in [0.15, 0.2) is 24.3 Å². The summed E-state index contributed by atoms with van der Waals surface area (Å²) in [5, 5.41) is 10.5. The molecule has 0 aliphatic carbocycles. The topological polar surface area (TPSA) is 86.5 Å². The van der Waals surface area contributed by atoms with Crippen molar-refractivity contribution in [2.24, 2.45) is 0 Å². The Hall–Kier alpha value is -1.76. The summed E-state index contributed by atoms with van der Waals surface area (Å²) in [6, 6.07) is 5.61. The van der Waals surface area contributed by atoms with Crippen molar-refractivity contribution in [3.63, 3.8) is 0 Å². The normalized spacial score (nSPS) is 11.7. The predicted molar refractivity (Wildman–Crippen MR) is 71.2 cm³/mol. The zero-order valence-corrected chi connectivity index (χ0v) is 11.8. The van der Waals surface area contributed by atoms with E-state index in [1.807, 2.05) is 0 Å². The molecular weight excluding hydrogens is 318 g/mol. The van der Waals surface area contributed by atoms with Crippen LogP contribution in [0.4, 0.5) is 5.69 Å². The van der Waals surface area contributed by atoms with Gasteiger partial charge in [0.1, 0.15) is 0 Å². The van der Waals surface area contributed by atoms with E-state index in [1.54, 1.807) is 6.92 Å². The third-order valence-electron chi connectivity index (χ3n) is 2.30. The van der Waals surface area contributed by atoms with Crippen molar-refractivity contribution < 1.29 is 19.2 Å². The zero-order chi connectivity index (χ0) is 14.4. The molecule has 0 aliphatic heterocycles. The van der Waals surface area contributed by atoms with Crippen molar-refractivity contribution in [3.05, 3.63) is 39.9 Å². The molecule has 1 rings (SSSR count). The maximum Gasteiger partial charge on any atom is 0.327 e. The van der Waals surface area contributed by atoms with Gasteiger partial charge in [0.25, 0.3) is 5.69 Å². The fourth-order valence-corrected chi connectivity index (χ4v) is 1.67. The number of ether oxygens (including phenoxy) is 1. The summed E-state index contributed by atoms with van der Waals surface area (Å²) in [6.07, 6.45) is 0.00667. The van der Waals surface area contributed by atoms with Gasteiger partial charge in [0, 0.05) is 18.6 Å². The smallest absolute Gasteiger partial charge is 0.327 e. The Morgan fingerprint density at radius 1 is 1.37 bits per heavy atom. The van der Waals surface area contributed by atoms with E-state index in [4.69, 9.17) is 4.74 Å². The third-order valence-corrected chi connectivity index (χ3v) is 3.19. The Morgan fingerprint density at radius 3 is 2.42 bits per heavy atom. The molecule has 102 valence electrons. The molecule has 7 heteroatoms. The fraction of sp³-hybridized carbons (Fsp3) is 0.333. The third kappa shape index (κ3) is 4.44. The molecule has 0 fully saturated rings. The van der Waals surface area contributed by atoms with Gasteiger partial charge in [-0.15, -0.1) is 0 Å². The summed E-state index contributed by atoms with van der Waals surface area (Å²) in [5.74, 6) is -0.985. The van der Waals surface area contributed by atoms with Crippen molar-refractivity contribution in [1.82, 2.24) is 0 Å². The summed E-state index contributed by atoms with van der Waals surface area (Å²) in [7, 11) is 0. The fourth-order valence-electron chi connectivity index (χ4n) is 1.37. The SMILES string of the molecule is CCOC(=O)C(Br)C(=O)Cc1ccc([N+](=O)[O-])cc1. The predicted octanol–water partition coefficient (Wildman–Crippen LogP) is 2.03. The minimum absolute atomic E-state index is 0.00667. The average molecular weight is 330 g/mol. The second-order valence-corrected chi connectivity index (χ2v) is 4.60. The molecule has 1 aromatic rings. The molecular formula is C12H12BrNO5. The van der Waals surface area contributed by atoms with Crippen LogP contribution in [0.5, 0.6) is 0 Å². The number of benzene rings is 1. The molecule has 1 atom stereocenters. The monoisotopic (exact) mass is 329 g/mol. The van der Waals surface area contributed by atoms with Crippen molar-refractivity contribution in [3.8, 4) is 0 Å². The van der Waals surface area contributed by atoms with Gasteiger partial charge < -0.3 is 4.74 Å². The van der Waals surface area contributed by atoms with Crippen LogP contribution in [0.25, 0.3) is 0 Å². The van der Waals surface area contributed by atoms with Crippen LogP contribution >= 0.6 is 15.9 Å². The number of carbonyl (C=O) groups excluding carboxylic acids is 2. The highest BCUT2D eigenvalue weighted by molar-refractivity contribution is 9.10. The molecule has 0 aromatic heterocycles. The standard InChI is InChI=1S/C12H12BrNO5/c1-2-19-12(16)11(13)10(15)7-8-3-5-9(6-4-8)14(17)18/h3-6,11H,2,7H2,1H3. The number of halogens is 1. The highest BCUT2D eigenvalue weighted by atomic mass is 79.9. The summed E-state index contributed by atoms with van der Waals surface area (Å²) >= 11 is 2.97. The first-order valence-electron chi connectivity index (χ1n) is 5.52. The van der Waals surface area contributed by atoms with Crippen LogP contribution in [-0.2, 0) is 20.7 Å². The lowest BCUT2D eigenvalue weighted by molar-refractivity contribution is -0.384. The van der Waals surface area contributed by atoms with E-state index in [2.05, 4.69) is 15.9 Å². The van der Waals surface area contributed by atoms with Crippen molar-refractivity contribution >= 4 is 33.4 Å². The van der Waals surface area contributed by atoms with Gasteiger partial charge in [0.2, 0.25) is 0 Å². The summed E-state index contributed by atoms with van der Waals surface area (Å²) in [6.45, 7) is 1.85. The Kier molecular flexibility index (Phi) is 5.62. The van der Waals surface area contributed by atoms with E-state index < -0.39 is 15.7 Å². The van der Waals surface area contributed by atoms with Crippen LogP contribution in [0, 0.1) is 10.1 Å². The van der Waals surface area contributed by atoms with Gasteiger partial charge in [-0.1, -0.05) is 28.1 Å². The highest BCUT2D eigenvalue weighted by Crippen LogP contribution is 2.14. The van der Waals surface area contributed by atoms with Crippen LogP contribution in [0.3, 0.4) is 0 Å². The second kappa shape index (κ2) is 6.98. The minimum atomic E-state index is -1.01. The number of hydrogen-bond donors (Lipinski definition) is 0. The summed E-state index contributed by atoms with van der Waals surface area (Å²) in [5.41, 5.74) is 0.557. The summed E-state index contributed by atoms with van der Waals surface area (Å²) < 4.78 is 4.72. The number of non-ortho nitro benzene ring substituents is 1. The number of nitro benzene ring substituents is 1. The highest BCUT2D eigenvalue weighted by Gasteiger charge is 2.24. The average Bonchev–Trinajstić information content (AvgIpc) is 2.38. The first-order valence-corrected chi connectivity index (χ1v) is 6.44. The summed E-state index contributed by atoms with van der Waals surface area (Å²) in [4.78, 5) is 32.1. The van der Waals surface area contributed by atoms with Crippen molar-refractivity contribution in [2.45, 2.75) is 18.2 Å². The first kappa shape index (κ1) is 15.3. The number of alkyl halides is 1. The molecule has 0 heterocycles. The van der Waals surface area contributed by atoms with Crippen LogP contribution < -0.4 is 0 Å². The molecule has 0 radical (unpaired) electrons. The van der Waals surface area contributed by atoms with Crippen LogP contribution in [0.1, 0.15) is 12.5 Å². The maximum atomic E-state index is 11.8. The zero-order valence-electron chi connectivity index (χ0n) is 10.2. The molecule has 6 nitrogen and oxygen atoms in total. The molecule has 0 bridgehead atoms. The quantitative estimate of drug-likeness (QED) is 0.262. The molecule has 0 aliphatic rings. The number of Topliss-reactive ketones (excluding diaryl/α,β-unsaturated/α-hetero) is 1. The number of nitro groups is 1. The van der Waals surface area contributed by atoms with Gasteiger partial charge in [-0.2, -0.15) is 0 Å². The van der Waals surface area contributed by atoms with Crippen LogP contribution in [-0.4, -0.2) is 28.1 Å². The van der Waals surface area contributed by atoms with Gasteiger partial charge in [-0.25, -0.2) is 0 Å². The van der Waals surface area contributed by atoms with E-state index in [0.717, 1.165) is 0 Å². The lowest BCUT2D eigenvalue weighted by Gasteiger charge is -2.07. The number of esters is 1. The van der Waals surface area contributed by atoms with Gasteiger partial charge in [0.05, 0.1) is 11.5 Å². The van der Waals surface area contributed by atoms with Gasteiger partial charge >= 0.3 is 5.97 Å². The Morgan fingerprint density at radius 2 is 1.95 bits per heavy atom. The molecule has 0 spiro atoms. The van der Waals surface area contributed by atoms with E-state index in [0.29, 0.717) is 5.56 Å². The lowest BCUT2D eigenvalue weighted by Crippen LogP contribution is -2.27. The number of hydrogen-bond acceptors (Lipinski definition) is 5.